The van der Waals surface area contributed by atoms with Gasteiger partial charge in [0.05, 0.1) is 6.04 Å². The van der Waals surface area contributed by atoms with E-state index in [4.69, 9.17) is 0 Å². The van der Waals surface area contributed by atoms with Crippen molar-refractivity contribution in [2.75, 3.05) is 0 Å². The van der Waals surface area contributed by atoms with Crippen molar-refractivity contribution in [3.05, 3.63) is 35.6 Å². The monoisotopic (exact) mass is 238 g/mol. The fraction of sp³-hybridized carbons (Fsp3) is 0.462. The van der Waals surface area contributed by atoms with E-state index in [-0.39, 0.29) is 23.4 Å². The lowest BCUT2D eigenvalue weighted by atomic mass is 10.1. The molecule has 1 aromatic carbocycles. The molecule has 4 heteroatoms. The van der Waals surface area contributed by atoms with Crippen molar-refractivity contribution in [1.82, 2.24) is 10.6 Å². The molecule has 0 heterocycles. The number of benzene rings is 1. The van der Waals surface area contributed by atoms with Crippen molar-refractivity contribution in [3.8, 4) is 0 Å². The van der Waals surface area contributed by atoms with E-state index in [1.165, 1.54) is 12.1 Å². The lowest BCUT2D eigenvalue weighted by molar-refractivity contribution is 0.229. The van der Waals surface area contributed by atoms with Gasteiger partial charge in [-0.2, -0.15) is 0 Å². The van der Waals surface area contributed by atoms with Crippen LogP contribution in [0.25, 0.3) is 0 Å². The summed E-state index contributed by atoms with van der Waals surface area (Å²) in [7, 11) is 0. The summed E-state index contributed by atoms with van der Waals surface area (Å²) in [5, 5.41) is 5.55. The third-order valence-corrected chi connectivity index (χ3v) is 2.18. The molecule has 1 atom stereocenters. The zero-order chi connectivity index (χ0) is 13.1. The first-order chi connectivity index (χ1) is 7.78. The maximum atomic E-state index is 13.0. The highest BCUT2D eigenvalue weighted by molar-refractivity contribution is 5.75. The van der Waals surface area contributed by atoms with Crippen LogP contribution in [0.1, 0.15) is 39.3 Å². The minimum Gasteiger partial charge on any atom is -0.334 e. The summed E-state index contributed by atoms with van der Waals surface area (Å²) in [5.74, 6) is -0.299. The summed E-state index contributed by atoms with van der Waals surface area (Å²) in [6.07, 6.45) is 0. The Balaban J connectivity index is 2.61. The van der Waals surface area contributed by atoms with E-state index in [0.29, 0.717) is 0 Å². The van der Waals surface area contributed by atoms with E-state index in [9.17, 15) is 9.18 Å². The van der Waals surface area contributed by atoms with Crippen LogP contribution in [0.2, 0.25) is 0 Å². The second-order valence-corrected chi connectivity index (χ2v) is 5.13. The minimum atomic E-state index is -0.299. The fourth-order valence-electron chi connectivity index (χ4n) is 1.43. The van der Waals surface area contributed by atoms with Crippen LogP contribution in [-0.2, 0) is 0 Å². The quantitative estimate of drug-likeness (QED) is 0.817. The van der Waals surface area contributed by atoms with Gasteiger partial charge in [-0.1, -0.05) is 12.1 Å². The predicted molar refractivity (Wildman–Crippen MR) is 66.2 cm³/mol. The van der Waals surface area contributed by atoms with Gasteiger partial charge in [0.25, 0.3) is 0 Å². The van der Waals surface area contributed by atoms with Crippen LogP contribution in [0.15, 0.2) is 24.3 Å². The molecule has 1 aromatic rings. The van der Waals surface area contributed by atoms with Gasteiger partial charge in [-0.3, -0.25) is 0 Å². The SMILES string of the molecule is CC(NC(=O)NC(C)(C)C)c1cccc(F)c1. The summed E-state index contributed by atoms with van der Waals surface area (Å²) < 4.78 is 13.0. The first-order valence-corrected chi connectivity index (χ1v) is 5.62. The molecule has 3 nitrogen and oxygen atoms in total. The molecule has 1 rings (SSSR count). The summed E-state index contributed by atoms with van der Waals surface area (Å²) in [6, 6.07) is 5.73. The molecule has 0 spiro atoms. The fourth-order valence-corrected chi connectivity index (χ4v) is 1.43. The number of urea groups is 1. The molecule has 0 aliphatic rings. The number of carbonyl (C=O) groups is 1. The Kier molecular flexibility index (Phi) is 4.10. The Morgan fingerprint density at radius 2 is 2.00 bits per heavy atom. The zero-order valence-corrected chi connectivity index (χ0v) is 10.7. The van der Waals surface area contributed by atoms with Gasteiger partial charge in [0.1, 0.15) is 5.82 Å². The van der Waals surface area contributed by atoms with Gasteiger partial charge in [-0.25, -0.2) is 9.18 Å². The summed E-state index contributed by atoms with van der Waals surface area (Å²) in [6.45, 7) is 7.52. The van der Waals surface area contributed by atoms with Gasteiger partial charge >= 0.3 is 6.03 Å². The molecular formula is C13H19FN2O. The normalized spacial score (nSPS) is 13.0. The summed E-state index contributed by atoms with van der Waals surface area (Å²) >= 11 is 0. The molecule has 0 saturated carbocycles. The molecule has 0 aliphatic heterocycles. The van der Waals surface area contributed by atoms with Gasteiger partial charge in [-0.05, 0) is 45.4 Å². The number of hydrogen-bond acceptors (Lipinski definition) is 1. The van der Waals surface area contributed by atoms with E-state index < -0.39 is 0 Å². The van der Waals surface area contributed by atoms with Gasteiger partial charge in [0.2, 0.25) is 0 Å². The molecule has 0 fully saturated rings. The van der Waals surface area contributed by atoms with Crippen LogP contribution >= 0.6 is 0 Å². The number of amides is 2. The zero-order valence-electron chi connectivity index (χ0n) is 10.7. The average Bonchev–Trinajstić information content (AvgIpc) is 2.14. The molecule has 0 bridgehead atoms. The van der Waals surface area contributed by atoms with Crippen LogP contribution in [0.5, 0.6) is 0 Å². The maximum absolute atomic E-state index is 13.0. The number of nitrogens with one attached hydrogen (secondary N) is 2. The summed E-state index contributed by atoms with van der Waals surface area (Å²) in [4.78, 5) is 11.6. The molecule has 2 N–H and O–H groups in total. The lowest BCUT2D eigenvalue weighted by Gasteiger charge is -2.23. The van der Waals surface area contributed by atoms with Crippen molar-refractivity contribution in [3.63, 3.8) is 0 Å². The molecule has 0 saturated heterocycles. The number of hydrogen-bond donors (Lipinski definition) is 2. The van der Waals surface area contributed by atoms with Gasteiger partial charge < -0.3 is 10.6 Å². The van der Waals surface area contributed by atoms with Crippen molar-refractivity contribution in [2.24, 2.45) is 0 Å². The van der Waals surface area contributed by atoms with Crippen molar-refractivity contribution >= 4 is 6.03 Å². The lowest BCUT2D eigenvalue weighted by Crippen LogP contribution is -2.47. The van der Waals surface area contributed by atoms with Crippen LogP contribution in [0, 0.1) is 5.82 Å². The van der Waals surface area contributed by atoms with E-state index in [1.807, 2.05) is 27.7 Å². The smallest absolute Gasteiger partial charge is 0.315 e. The molecule has 0 aromatic heterocycles. The van der Waals surface area contributed by atoms with Gasteiger partial charge in [-0.15, -0.1) is 0 Å². The third-order valence-electron chi connectivity index (χ3n) is 2.18. The minimum absolute atomic E-state index is 0.229. The molecule has 17 heavy (non-hydrogen) atoms. The molecule has 0 radical (unpaired) electrons. The molecule has 0 aliphatic carbocycles. The second kappa shape index (κ2) is 5.17. The number of halogens is 1. The first-order valence-electron chi connectivity index (χ1n) is 5.62. The van der Waals surface area contributed by atoms with Crippen LogP contribution in [0.4, 0.5) is 9.18 Å². The van der Waals surface area contributed by atoms with E-state index in [2.05, 4.69) is 10.6 Å². The number of carbonyl (C=O) groups excluding carboxylic acids is 1. The maximum Gasteiger partial charge on any atom is 0.315 e. The van der Waals surface area contributed by atoms with Crippen molar-refractivity contribution in [1.29, 1.82) is 0 Å². The molecule has 94 valence electrons. The molecule has 2 amide bonds. The topological polar surface area (TPSA) is 41.1 Å². The summed E-state index contributed by atoms with van der Waals surface area (Å²) in [5.41, 5.74) is 0.459. The standard InChI is InChI=1S/C13H19FN2O/c1-9(10-6-5-7-11(14)8-10)15-12(17)16-13(2,3)4/h5-9H,1-4H3,(H2,15,16,17). The highest BCUT2D eigenvalue weighted by Crippen LogP contribution is 2.13. The van der Waals surface area contributed by atoms with Crippen LogP contribution in [-0.4, -0.2) is 11.6 Å². The average molecular weight is 238 g/mol. The highest BCUT2D eigenvalue weighted by atomic mass is 19.1. The highest BCUT2D eigenvalue weighted by Gasteiger charge is 2.15. The second-order valence-electron chi connectivity index (χ2n) is 5.13. The first kappa shape index (κ1) is 13.5. The molecule has 1 unspecified atom stereocenters. The molecular weight excluding hydrogens is 219 g/mol. The van der Waals surface area contributed by atoms with Crippen molar-refractivity contribution in [2.45, 2.75) is 39.3 Å². The van der Waals surface area contributed by atoms with E-state index in [0.717, 1.165) is 5.56 Å². The Bertz CT molecular complexity index is 399. The Labute approximate surface area is 101 Å². The number of rotatable bonds is 2. The van der Waals surface area contributed by atoms with Crippen LogP contribution < -0.4 is 10.6 Å². The largest absolute Gasteiger partial charge is 0.334 e. The Morgan fingerprint density at radius 3 is 2.53 bits per heavy atom. The van der Waals surface area contributed by atoms with Gasteiger partial charge in [0, 0.05) is 5.54 Å². The van der Waals surface area contributed by atoms with Gasteiger partial charge in [0.15, 0.2) is 0 Å². The Hall–Kier alpha value is -1.58. The predicted octanol–water partition coefficient (Wildman–Crippen LogP) is 2.98. The van der Waals surface area contributed by atoms with E-state index >= 15 is 0 Å². The van der Waals surface area contributed by atoms with Crippen LogP contribution in [0.3, 0.4) is 0 Å². The third kappa shape index (κ3) is 4.85. The van der Waals surface area contributed by atoms with E-state index in [1.54, 1.807) is 12.1 Å². The van der Waals surface area contributed by atoms with Crippen molar-refractivity contribution < 1.29 is 9.18 Å². The Morgan fingerprint density at radius 1 is 1.35 bits per heavy atom.